The molecule has 6 rings (SSSR count). The van der Waals surface area contributed by atoms with E-state index in [0.29, 0.717) is 40.5 Å². The van der Waals surface area contributed by atoms with E-state index in [1.54, 1.807) is 32.2 Å². The zero-order chi connectivity index (χ0) is 30.6. The molecule has 12 heteroatoms. The van der Waals surface area contributed by atoms with Crippen LogP contribution in [0.2, 0.25) is 0 Å². The number of aliphatic carboxylic acids is 1. The predicted molar refractivity (Wildman–Crippen MR) is 150 cm³/mol. The lowest BCUT2D eigenvalue weighted by molar-refractivity contribution is -0.139. The van der Waals surface area contributed by atoms with Crippen LogP contribution in [0.3, 0.4) is 0 Å². The summed E-state index contributed by atoms with van der Waals surface area (Å²) in [5, 5.41) is 9.46. The number of carboxylic acid groups (broad SMARTS) is 1. The maximum Gasteiger partial charge on any atom is 0.416 e. The number of aryl methyl sites for hydroxylation is 1. The molecule has 1 aliphatic carbocycles. The summed E-state index contributed by atoms with van der Waals surface area (Å²) in [7, 11) is 1.53. The average Bonchev–Trinajstić information content (AvgIpc) is 3.69. The molecule has 4 atom stereocenters. The number of carbonyl (C=O) groups is 2. The van der Waals surface area contributed by atoms with Gasteiger partial charge in [-0.2, -0.15) is 13.2 Å². The van der Waals surface area contributed by atoms with Gasteiger partial charge in [0.15, 0.2) is 0 Å². The maximum atomic E-state index is 13.5. The Morgan fingerprint density at radius 3 is 2.53 bits per heavy atom. The standard InChI is InChI=1S/C31H31F3N4O5/c1-16-9-19(11-20(10-16)31(32,33)34)27-17(2)38(30(41)43-27)15-25-24(14-35-29(36-25)37-7-4-8-37)22-12-18(5-6-26(22)42-3)21-13-23(21)28(39)40/h5-6,9-12,14,17,21,23,27H,4,7-8,13,15H2,1-3H3,(H,39,40)/t17-,21?,23+,27-/m0/s1. The van der Waals surface area contributed by atoms with Gasteiger partial charge in [-0.3, -0.25) is 9.69 Å². The third-order valence-corrected chi connectivity index (χ3v) is 8.51. The Kier molecular flexibility index (Phi) is 7.18. The monoisotopic (exact) mass is 596 g/mol. The van der Waals surface area contributed by atoms with E-state index in [1.165, 1.54) is 12.0 Å². The minimum atomic E-state index is -4.53. The molecule has 3 heterocycles. The van der Waals surface area contributed by atoms with Gasteiger partial charge in [0.1, 0.15) is 11.9 Å². The molecule has 3 fully saturated rings. The number of amides is 1. The van der Waals surface area contributed by atoms with Crippen molar-refractivity contribution < 1.29 is 37.3 Å². The van der Waals surface area contributed by atoms with Gasteiger partial charge < -0.3 is 19.5 Å². The minimum absolute atomic E-state index is 0.0156. The third-order valence-electron chi connectivity index (χ3n) is 8.51. The molecule has 0 bridgehead atoms. The Balaban J connectivity index is 1.36. The number of ether oxygens (including phenoxy) is 2. The zero-order valence-electron chi connectivity index (χ0n) is 23.9. The second kappa shape index (κ2) is 10.7. The van der Waals surface area contributed by atoms with Crippen molar-refractivity contribution in [3.8, 4) is 16.9 Å². The molecule has 2 saturated heterocycles. The number of hydrogen-bond donors (Lipinski definition) is 1. The van der Waals surface area contributed by atoms with Gasteiger partial charge in [-0.15, -0.1) is 0 Å². The number of hydrogen-bond acceptors (Lipinski definition) is 7. The summed E-state index contributed by atoms with van der Waals surface area (Å²) in [6.07, 6.45) is -2.87. The van der Waals surface area contributed by atoms with Gasteiger partial charge in [0, 0.05) is 30.4 Å². The highest BCUT2D eigenvalue weighted by Crippen LogP contribution is 2.49. The van der Waals surface area contributed by atoms with Crippen LogP contribution < -0.4 is 9.64 Å². The number of rotatable bonds is 8. The van der Waals surface area contributed by atoms with E-state index in [1.807, 2.05) is 17.0 Å². The molecular formula is C31H31F3N4O5. The number of cyclic esters (lactones) is 1. The van der Waals surface area contributed by atoms with Gasteiger partial charge in [0.05, 0.1) is 36.9 Å². The fourth-order valence-electron chi connectivity index (χ4n) is 5.89. The molecule has 1 aromatic heterocycles. The fraction of sp³-hybridized carbons (Fsp3) is 0.419. The number of aromatic nitrogens is 2. The van der Waals surface area contributed by atoms with E-state index in [0.717, 1.165) is 37.2 Å². The normalized spacial score (nSPS) is 23.2. The van der Waals surface area contributed by atoms with Crippen LogP contribution in [0.4, 0.5) is 23.9 Å². The topological polar surface area (TPSA) is 105 Å². The number of methoxy groups -OCH3 is 1. The lowest BCUT2D eigenvalue weighted by atomic mass is 9.97. The van der Waals surface area contributed by atoms with Crippen LogP contribution in [0.15, 0.2) is 42.6 Å². The molecule has 43 heavy (non-hydrogen) atoms. The first-order valence-corrected chi connectivity index (χ1v) is 14.1. The fourth-order valence-corrected chi connectivity index (χ4v) is 5.89. The molecule has 2 aromatic carbocycles. The second-order valence-electron chi connectivity index (χ2n) is 11.4. The van der Waals surface area contributed by atoms with Crippen molar-refractivity contribution in [2.75, 3.05) is 25.1 Å². The number of anilines is 1. The number of carboxylic acids is 1. The number of alkyl halides is 3. The van der Waals surface area contributed by atoms with Crippen LogP contribution in [0, 0.1) is 12.8 Å². The third kappa shape index (κ3) is 5.46. The Morgan fingerprint density at radius 2 is 1.91 bits per heavy atom. The van der Waals surface area contributed by atoms with Gasteiger partial charge in [-0.1, -0.05) is 17.7 Å². The van der Waals surface area contributed by atoms with Crippen LogP contribution in [0.25, 0.3) is 11.1 Å². The van der Waals surface area contributed by atoms with E-state index >= 15 is 0 Å². The van der Waals surface area contributed by atoms with Crippen molar-refractivity contribution in [1.82, 2.24) is 14.9 Å². The largest absolute Gasteiger partial charge is 0.496 e. The van der Waals surface area contributed by atoms with Crippen LogP contribution in [0.5, 0.6) is 5.75 Å². The van der Waals surface area contributed by atoms with Crippen molar-refractivity contribution in [1.29, 1.82) is 0 Å². The smallest absolute Gasteiger partial charge is 0.416 e. The van der Waals surface area contributed by atoms with E-state index in [9.17, 15) is 27.9 Å². The van der Waals surface area contributed by atoms with Crippen LogP contribution in [-0.4, -0.2) is 58.3 Å². The lowest BCUT2D eigenvalue weighted by Crippen LogP contribution is -2.39. The molecule has 0 spiro atoms. The summed E-state index contributed by atoms with van der Waals surface area (Å²) in [5.74, 6) is -0.345. The summed E-state index contributed by atoms with van der Waals surface area (Å²) < 4.78 is 51.9. The van der Waals surface area contributed by atoms with Crippen molar-refractivity contribution in [3.63, 3.8) is 0 Å². The molecule has 1 saturated carbocycles. The van der Waals surface area contributed by atoms with Gasteiger partial charge in [0.2, 0.25) is 5.95 Å². The van der Waals surface area contributed by atoms with Crippen LogP contribution in [0.1, 0.15) is 59.7 Å². The molecule has 2 aliphatic heterocycles. The molecule has 3 aliphatic rings. The van der Waals surface area contributed by atoms with Crippen molar-refractivity contribution >= 4 is 18.0 Å². The Bertz CT molecular complexity index is 1590. The van der Waals surface area contributed by atoms with E-state index < -0.39 is 41.9 Å². The first-order chi connectivity index (χ1) is 20.4. The number of halogens is 3. The van der Waals surface area contributed by atoms with Crippen LogP contribution >= 0.6 is 0 Å². The molecule has 0 radical (unpaired) electrons. The number of benzene rings is 2. The molecule has 3 aromatic rings. The van der Waals surface area contributed by atoms with Crippen molar-refractivity contribution in [2.45, 2.75) is 57.5 Å². The SMILES string of the molecule is COc1ccc(C2C[C@H]2C(=O)O)cc1-c1cnc(N2CCC2)nc1CN1C(=O)O[C@H](c2cc(C)cc(C(F)(F)F)c2)[C@@H]1C. The Hall–Kier alpha value is -4.35. The predicted octanol–water partition coefficient (Wildman–Crippen LogP) is 5.96. The lowest BCUT2D eigenvalue weighted by Gasteiger charge is -2.31. The minimum Gasteiger partial charge on any atom is -0.496 e. The summed E-state index contributed by atoms with van der Waals surface area (Å²) in [4.78, 5) is 37.6. The highest BCUT2D eigenvalue weighted by atomic mass is 19.4. The molecule has 226 valence electrons. The molecule has 1 unspecified atom stereocenters. The van der Waals surface area contributed by atoms with E-state index in [2.05, 4.69) is 4.98 Å². The number of nitrogens with zero attached hydrogens (tertiary/aromatic N) is 4. The molecule has 1 N–H and O–H groups in total. The van der Waals surface area contributed by atoms with Gasteiger partial charge in [-0.25, -0.2) is 14.8 Å². The summed E-state index contributed by atoms with van der Waals surface area (Å²) >= 11 is 0. The average molecular weight is 597 g/mol. The molecule has 1 amide bonds. The highest BCUT2D eigenvalue weighted by molar-refractivity contribution is 5.78. The Morgan fingerprint density at radius 1 is 1.14 bits per heavy atom. The quantitative estimate of drug-likeness (QED) is 0.340. The summed E-state index contributed by atoms with van der Waals surface area (Å²) in [6, 6.07) is 8.63. The Labute approximate surface area is 246 Å². The maximum absolute atomic E-state index is 13.5. The highest BCUT2D eigenvalue weighted by Gasteiger charge is 2.45. The molecular weight excluding hydrogens is 565 g/mol. The van der Waals surface area contributed by atoms with Gasteiger partial charge in [0.25, 0.3) is 0 Å². The first-order valence-electron chi connectivity index (χ1n) is 14.1. The second-order valence-corrected chi connectivity index (χ2v) is 11.4. The summed E-state index contributed by atoms with van der Waals surface area (Å²) in [6.45, 7) is 4.93. The van der Waals surface area contributed by atoms with Crippen molar-refractivity contribution in [3.05, 3.63) is 70.5 Å². The number of carbonyl (C=O) groups excluding carboxylic acids is 1. The first kappa shape index (κ1) is 28.8. The van der Waals surface area contributed by atoms with E-state index in [-0.39, 0.29) is 18.0 Å². The van der Waals surface area contributed by atoms with Crippen molar-refractivity contribution in [2.24, 2.45) is 5.92 Å². The van der Waals surface area contributed by atoms with Crippen LogP contribution in [-0.2, 0) is 22.3 Å². The summed E-state index contributed by atoms with van der Waals surface area (Å²) in [5.41, 5.74) is 2.52. The molecule has 9 nitrogen and oxygen atoms in total. The zero-order valence-corrected chi connectivity index (χ0v) is 23.9. The van der Waals surface area contributed by atoms with Gasteiger partial charge in [-0.05, 0) is 68.0 Å². The van der Waals surface area contributed by atoms with E-state index in [4.69, 9.17) is 14.5 Å². The van der Waals surface area contributed by atoms with Gasteiger partial charge >= 0.3 is 18.2 Å².